The average molecular weight is 399 g/mol. The summed E-state index contributed by atoms with van der Waals surface area (Å²) in [5, 5.41) is 13.5. The predicted octanol–water partition coefficient (Wildman–Crippen LogP) is 1.92. The minimum atomic E-state index is -1.23. The van der Waals surface area contributed by atoms with Gasteiger partial charge in [-0.15, -0.1) is 0 Å². The van der Waals surface area contributed by atoms with Gasteiger partial charge in [0.2, 0.25) is 5.91 Å². The third kappa shape index (κ3) is 5.86. The van der Waals surface area contributed by atoms with Crippen LogP contribution < -0.4 is 11.1 Å². The second-order valence-electron chi connectivity index (χ2n) is 6.18. The quantitative estimate of drug-likeness (QED) is 0.375. The van der Waals surface area contributed by atoms with Crippen LogP contribution in [0, 0.1) is 10.1 Å². The highest BCUT2D eigenvalue weighted by Gasteiger charge is 2.32. The Labute approximate surface area is 167 Å². The number of hydrogen-bond donors (Lipinski definition) is 2. The van der Waals surface area contributed by atoms with Crippen molar-refractivity contribution in [3.63, 3.8) is 0 Å². The number of nitro groups is 1. The molecule has 0 aliphatic heterocycles. The Hall–Kier alpha value is -3.75. The molecule has 0 aromatic heterocycles. The maximum Gasteiger partial charge on any atom is 0.306 e. The maximum absolute atomic E-state index is 12.5. The normalized spacial score (nSPS) is 12.4. The number of nitrogens with one attached hydrogen (secondary N) is 1. The van der Waals surface area contributed by atoms with Crippen molar-refractivity contribution in [1.82, 2.24) is 5.32 Å². The van der Waals surface area contributed by atoms with Crippen LogP contribution in [0.1, 0.15) is 35.2 Å². The Morgan fingerprint density at radius 1 is 1.10 bits per heavy atom. The highest BCUT2D eigenvalue weighted by atomic mass is 16.6. The molecular formula is C20H21N3O6. The Kier molecular flexibility index (Phi) is 7.41. The van der Waals surface area contributed by atoms with Crippen molar-refractivity contribution in [1.29, 1.82) is 0 Å². The van der Waals surface area contributed by atoms with Gasteiger partial charge in [-0.25, -0.2) is 0 Å². The Morgan fingerprint density at radius 2 is 1.72 bits per heavy atom. The average Bonchev–Trinajstić information content (AvgIpc) is 2.71. The molecule has 0 spiro atoms. The number of non-ortho nitro benzene ring substituents is 1. The van der Waals surface area contributed by atoms with Gasteiger partial charge in [0.05, 0.1) is 18.0 Å². The molecule has 9 heteroatoms. The second-order valence-corrected chi connectivity index (χ2v) is 6.18. The number of hydrogen-bond acceptors (Lipinski definition) is 6. The summed E-state index contributed by atoms with van der Waals surface area (Å²) in [6, 6.07) is 12.3. The predicted molar refractivity (Wildman–Crippen MR) is 104 cm³/mol. The summed E-state index contributed by atoms with van der Waals surface area (Å²) in [5.41, 5.74) is 6.12. The van der Waals surface area contributed by atoms with Crippen molar-refractivity contribution < 1.29 is 24.0 Å². The molecule has 0 saturated carbocycles. The third-order valence-corrected chi connectivity index (χ3v) is 4.26. The Balaban J connectivity index is 2.36. The van der Waals surface area contributed by atoms with Crippen molar-refractivity contribution in [2.45, 2.75) is 25.3 Å². The molecule has 0 radical (unpaired) electrons. The van der Waals surface area contributed by atoms with Crippen molar-refractivity contribution in [2.75, 3.05) is 6.61 Å². The second kappa shape index (κ2) is 9.98. The van der Waals surface area contributed by atoms with Crippen molar-refractivity contribution in [3.05, 3.63) is 75.8 Å². The van der Waals surface area contributed by atoms with Gasteiger partial charge in [0.15, 0.2) is 0 Å². The number of ether oxygens (including phenoxy) is 1. The van der Waals surface area contributed by atoms with E-state index in [9.17, 15) is 24.5 Å². The number of primary amides is 1. The van der Waals surface area contributed by atoms with E-state index in [1.807, 2.05) is 0 Å². The molecule has 9 nitrogen and oxygen atoms in total. The van der Waals surface area contributed by atoms with Crippen molar-refractivity contribution in [3.8, 4) is 0 Å². The molecule has 0 bridgehead atoms. The SMILES string of the molecule is CCOC(=O)C[C@@H](c1ccc([N+](=O)[O-])cc1)[C@@H](NC(=O)c1ccccc1)C(N)=O. The number of amides is 2. The smallest absolute Gasteiger partial charge is 0.306 e. The minimum absolute atomic E-state index is 0.142. The van der Waals surface area contributed by atoms with Crippen LogP contribution in [0.3, 0.4) is 0 Å². The highest BCUT2D eigenvalue weighted by Crippen LogP contribution is 2.27. The standard InChI is InChI=1S/C20H21N3O6/c1-2-29-17(24)12-16(13-8-10-15(11-9-13)23(27)28)18(19(21)25)22-20(26)14-6-4-3-5-7-14/h3-11,16,18H,2,12H2,1H3,(H2,21,25)(H,22,26)/t16-,18+/m0/s1. The molecule has 0 unspecified atom stereocenters. The van der Waals surface area contributed by atoms with Crippen LogP contribution in [0.25, 0.3) is 0 Å². The fourth-order valence-electron chi connectivity index (χ4n) is 2.85. The van der Waals surface area contributed by atoms with Gasteiger partial charge in [-0.05, 0) is 24.6 Å². The number of benzene rings is 2. The molecule has 29 heavy (non-hydrogen) atoms. The first-order valence-electron chi connectivity index (χ1n) is 8.88. The molecule has 2 aromatic carbocycles. The fraction of sp³-hybridized carbons (Fsp3) is 0.250. The number of carbonyl (C=O) groups excluding carboxylic acids is 3. The zero-order valence-electron chi connectivity index (χ0n) is 15.7. The van der Waals surface area contributed by atoms with E-state index in [0.717, 1.165) is 0 Å². The van der Waals surface area contributed by atoms with Gasteiger partial charge < -0.3 is 15.8 Å². The lowest BCUT2D eigenvalue weighted by Crippen LogP contribution is -2.48. The van der Waals surface area contributed by atoms with Crippen LogP contribution in [0.4, 0.5) is 5.69 Å². The fourth-order valence-corrected chi connectivity index (χ4v) is 2.85. The topological polar surface area (TPSA) is 142 Å². The van der Waals surface area contributed by atoms with Crippen LogP contribution in [0.5, 0.6) is 0 Å². The molecule has 0 heterocycles. The zero-order chi connectivity index (χ0) is 21.4. The number of rotatable bonds is 9. The Bertz CT molecular complexity index is 883. The molecule has 0 aliphatic carbocycles. The van der Waals surface area contributed by atoms with E-state index in [1.54, 1.807) is 37.3 Å². The van der Waals surface area contributed by atoms with Crippen molar-refractivity contribution >= 4 is 23.5 Å². The molecule has 3 N–H and O–H groups in total. The molecular weight excluding hydrogens is 378 g/mol. The number of nitrogens with zero attached hydrogens (tertiary/aromatic N) is 1. The molecule has 2 aromatic rings. The number of esters is 1. The molecule has 0 fully saturated rings. The summed E-state index contributed by atoms with van der Waals surface area (Å²) in [6.45, 7) is 1.78. The van der Waals surface area contributed by atoms with Crippen LogP contribution in [-0.2, 0) is 14.3 Å². The first kappa shape index (κ1) is 21.5. The third-order valence-electron chi connectivity index (χ3n) is 4.26. The van der Waals surface area contributed by atoms with Gasteiger partial charge >= 0.3 is 5.97 Å². The summed E-state index contributed by atoms with van der Waals surface area (Å²) >= 11 is 0. The van der Waals surface area contributed by atoms with Gasteiger partial charge in [0.25, 0.3) is 11.6 Å². The molecule has 0 aliphatic rings. The molecule has 2 amide bonds. The Morgan fingerprint density at radius 3 is 2.24 bits per heavy atom. The van der Waals surface area contributed by atoms with Crippen LogP contribution >= 0.6 is 0 Å². The van der Waals surface area contributed by atoms with E-state index >= 15 is 0 Å². The van der Waals surface area contributed by atoms with Gasteiger partial charge in [0.1, 0.15) is 6.04 Å². The van der Waals surface area contributed by atoms with Gasteiger partial charge in [-0.1, -0.05) is 30.3 Å². The summed E-state index contributed by atoms with van der Waals surface area (Å²) in [6.07, 6.45) is -0.242. The lowest BCUT2D eigenvalue weighted by molar-refractivity contribution is -0.384. The van der Waals surface area contributed by atoms with Crippen LogP contribution in [-0.4, -0.2) is 35.4 Å². The van der Waals surface area contributed by atoms with E-state index in [-0.39, 0.29) is 18.7 Å². The highest BCUT2D eigenvalue weighted by molar-refractivity contribution is 5.97. The first-order chi connectivity index (χ1) is 13.8. The molecule has 0 saturated heterocycles. The summed E-state index contributed by atoms with van der Waals surface area (Å²) < 4.78 is 4.96. The number of nitro benzene ring substituents is 1. The molecule has 2 rings (SSSR count). The first-order valence-corrected chi connectivity index (χ1v) is 8.88. The van der Waals surface area contributed by atoms with E-state index in [4.69, 9.17) is 10.5 Å². The monoisotopic (exact) mass is 399 g/mol. The largest absolute Gasteiger partial charge is 0.466 e. The maximum atomic E-state index is 12.5. The van der Waals surface area contributed by atoms with Gasteiger partial charge in [0, 0.05) is 23.6 Å². The summed E-state index contributed by atoms with van der Waals surface area (Å²) in [4.78, 5) is 47.1. The van der Waals surface area contributed by atoms with Crippen molar-refractivity contribution in [2.24, 2.45) is 5.73 Å². The van der Waals surface area contributed by atoms with E-state index in [0.29, 0.717) is 11.1 Å². The number of nitrogens with two attached hydrogens (primary N) is 1. The van der Waals surface area contributed by atoms with Gasteiger partial charge in [-0.3, -0.25) is 24.5 Å². The summed E-state index contributed by atoms with van der Waals surface area (Å²) in [5.74, 6) is -2.83. The van der Waals surface area contributed by atoms with Gasteiger partial charge in [-0.2, -0.15) is 0 Å². The van der Waals surface area contributed by atoms with Crippen LogP contribution in [0.15, 0.2) is 54.6 Å². The van der Waals surface area contributed by atoms with Crippen LogP contribution in [0.2, 0.25) is 0 Å². The minimum Gasteiger partial charge on any atom is -0.466 e. The lowest BCUT2D eigenvalue weighted by Gasteiger charge is -2.25. The molecule has 2 atom stereocenters. The zero-order valence-corrected chi connectivity index (χ0v) is 15.7. The molecule has 152 valence electrons. The lowest BCUT2D eigenvalue weighted by atomic mass is 9.87. The number of carbonyl (C=O) groups is 3. The van der Waals surface area contributed by atoms with E-state index < -0.39 is 34.7 Å². The summed E-state index contributed by atoms with van der Waals surface area (Å²) in [7, 11) is 0. The van der Waals surface area contributed by atoms with E-state index in [2.05, 4.69) is 5.32 Å². The van der Waals surface area contributed by atoms with E-state index in [1.165, 1.54) is 24.3 Å².